The van der Waals surface area contributed by atoms with Crippen molar-refractivity contribution in [3.63, 3.8) is 0 Å². The molecule has 1 N–H and O–H groups in total. The molecule has 1 aromatic rings. The lowest BCUT2D eigenvalue weighted by atomic mass is 10.2. The number of rotatable bonds is 2. The van der Waals surface area contributed by atoms with Crippen LogP contribution < -0.4 is 5.32 Å². The van der Waals surface area contributed by atoms with Crippen LogP contribution in [0.2, 0.25) is 5.02 Å². The van der Waals surface area contributed by atoms with E-state index in [2.05, 4.69) is 5.32 Å². The maximum Gasteiger partial charge on any atom is 0.217 e. The number of halogens is 2. The largest absolute Gasteiger partial charge is 0.352 e. The molecule has 2 nitrogen and oxygen atoms in total. The van der Waals surface area contributed by atoms with Gasteiger partial charge < -0.3 is 5.32 Å². The van der Waals surface area contributed by atoms with Crippen molar-refractivity contribution in [1.82, 2.24) is 5.32 Å². The fraction of sp³-hybridized carbons (Fsp3) is 0.222. The average Bonchev–Trinajstić information content (AvgIpc) is 2.02. The molecule has 0 saturated carbocycles. The monoisotopic (exact) mass is 201 g/mol. The summed E-state index contributed by atoms with van der Waals surface area (Å²) in [4.78, 5) is 10.5. The van der Waals surface area contributed by atoms with Crippen molar-refractivity contribution in [2.75, 3.05) is 0 Å². The fourth-order valence-electron chi connectivity index (χ4n) is 0.885. The van der Waals surface area contributed by atoms with Gasteiger partial charge in [0.1, 0.15) is 5.82 Å². The fourth-order valence-corrected chi connectivity index (χ4v) is 1.04. The second-order valence-electron chi connectivity index (χ2n) is 2.65. The van der Waals surface area contributed by atoms with E-state index >= 15 is 0 Å². The van der Waals surface area contributed by atoms with Crippen LogP contribution in [0.1, 0.15) is 12.5 Å². The maximum absolute atomic E-state index is 13.1. The van der Waals surface area contributed by atoms with E-state index in [-0.39, 0.29) is 12.5 Å². The van der Waals surface area contributed by atoms with Crippen molar-refractivity contribution in [3.8, 4) is 0 Å². The summed E-state index contributed by atoms with van der Waals surface area (Å²) < 4.78 is 13.1. The molecule has 0 unspecified atom stereocenters. The number of carbonyl (C=O) groups is 1. The summed E-state index contributed by atoms with van der Waals surface area (Å²) in [5, 5.41) is 2.85. The van der Waals surface area contributed by atoms with Gasteiger partial charge in [0.25, 0.3) is 0 Å². The van der Waals surface area contributed by atoms with Crippen LogP contribution in [-0.4, -0.2) is 5.91 Å². The Morgan fingerprint density at radius 2 is 2.31 bits per heavy atom. The summed E-state index contributed by atoms with van der Waals surface area (Å²) >= 11 is 5.55. The van der Waals surface area contributed by atoms with E-state index in [1.807, 2.05) is 0 Å². The Kier molecular flexibility index (Phi) is 3.25. The van der Waals surface area contributed by atoms with Crippen molar-refractivity contribution in [1.29, 1.82) is 0 Å². The molecular weight excluding hydrogens is 193 g/mol. The second-order valence-corrected chi connectivity index (χ2v) is 3.08. The SMILES string of the molecule is CC(=O)NCc1ccc(Cl)cc1F. The molecule has 0 saturated heterocycles. The van der Waals surface area contributed by atoms with Gasteiger partial charge in [-0.05, 0) is 12.1 Å². The van der Waals surface area contributed by atoms with Crippen molar-refractivity contribution in [2.45, 2.75) is 13.5 Å². The molecule has 0 aliphatic rings. The number of nitrogens with one attached hydrogen (secondary N) is 1. The molecule has 0 aromatic heterocycles. The van der Waals surface area contributed by atoms with Crippen LogP contribution >= 0.6 is 11.6 Å². The number of benzene rings is 1. The van der Waals surface area contributed by atoms with E-state index in [9.17, 15) is 9.18 Å². The van der Waals surface area contributed by atoms with E-state index in [1.54, 1.807) is 12.1 Å². The average molecular weight is 202 g/mol. The van der Waals surface area contributed by atoms with Crippen LogP contribution in [0.4, 0.5) is 4.39 Å². The molecule has 1 rings (SSSR count). The van der Waals surface area contributed by atoms with Crippen molar-refractivity contribution in [2.24, 2.45) is 0 Å². The molecule has 13 heavy (non-hydrogen) atoms. The molecule has 0 aliphatic carbocycles. The Bertz CT molecular complexity index is 327. The van der Waals surface area contributed by atoms with Crippen LogP contribution in [-0.2, 0) is 11.3 Å². The lowest BCUT2D eigenvalue weighted by Gasteiger charge is -2.03. The molecule has 0 heterocycles. The van der Waals surface area contributed by atoms with Crippen LogP contribution in [0, 0.1) is 5.82 Å². The minimum atomic E-state index is -0.402. The lowest BCUT2D eigenvalue weighted by Crippen LogP contribution is -2.19. The topological polar surface area (TPSA) is 29.1 Å². The molecule has 1 aromatic carbocycles. The highest BCUT2D eigenvalue weighted by atomic mass is 35.5. The van der Waals surface area contributed by atoms with Gasteiger partial charge in [0.05, 0.1) is 0 Å². The van der Waals surface area contributed by atoms with E-state index in [4.69, 9.17) is 11.6 Å². The van der Waals surface area contributed by atoms with Crippen molar-refractivity contribution >= 4 is 17.5 Å². The summed E-state index contributed by atoms with van der Waals surface area (Å²) in [6.45, 7) is 1.58. The number of hydrogen-bond acceptors (Lipinski definition) is 1. The molecular formula is C9H9ClFNO. The first kappa shape index (κ1) is 9.99. The quantitative estimate of drug-likeness (QED) is 0.780. The van der Waals surface area contributed by atoms with Gasteiger partial charge in [0, 0.05) is 24.1 Å². The van der Waals surface area contributed by atoms with Crippen molar-refractivity contribution in [3.05, 3.63) is 34.6 Å². The number of carbonyl (C=O) groups excluding carboxylic acids is 1. The molecule has 0 bridgehead atoms. The Balaban J connectivity index is 2.72. The van der Waals surface area contributed by atoms with E-state index in [0.717, 1.165) is 0 Å². The summed E-state index contributed by atoms with van der Waals surface area (Å²) in [6, 6.07) is 4.36. The standard InChI is InChI=1S/C9H9ClFNO/c1-6(13)12-5-7-2-3-8(10)4-9(7)11/h2-4H,5H2,1H3,(H,12,13). The Labute approximate surface area is 80.7 Å². The van der Waals surface area contributed by atoms with Crippen LogP contribution in [0.25, 0.3) is 0 Å². The zero-order valence-electron chi connectivity index (χ0n) is 7.10. The minimum absolute atomic E-state index is 0.186. The highest BCUT2D eigenvalue weighted by Crippen LogP contribution is 2.14. The normalized spacial score (nSPS) is 9.77. The first-order valence-electron chi connectivity index (χ1n) is 3.78. The van der Waals surface area contributed by atoms with Crippen LogP contribution in [0.15, 0.2) is 18.2 Å². The van der Waals surface area contributed by atoms with Gasteiger partial charge in [0.15, 0.2) is 0 Å². The zero-order chi connectivity index (χ0) is 9.84. The third kappa shape index (κ3) is 3.03. The highest BCUT2D eigenvalue weighted by Gasteiger charge is 2.02. The van der Waals surface area contributed by atoms with Crippen LogP contribution in [0.5, 0.6) is 0 Å². The van der Waals surface area contributed by atoms with Crippen LogP contribution in [0.3, 0.4) is 0 Å². The molecule has 70 valence electrons. The summed E-state index contributed by atoms with van der Waals surface area (Å²) in [5.74, 6) is -0.587. The molecule has 0 atom stereocenters. The first-order valence-corrected chi connectivity index (χ1v) is 4.16. The predicted octanol–water partition coefficient (Wildman–Crippen LogP) is 2.12. The van der Waals surface area contributed by atoms with E-state index < -0.39 is 5.82 Å². The van der Waals surface area contributed by atoms with Gasteiger partial charge in [-0.3, -0.25) is 4.79 Å². The maximum atomic E-state index is 13.1. The molecule has 0 radical (unpaired) electrons. The van der Waals surface area contributed by atoms with E-state index in [1.165, 1.54) is 13.0 Å². The lowest BCUT2D eigenvalue weighted by molar-refractivity contribution is -0.119. The third-order valence-corrected chi connectivity index (χ3v) is 1.78. The van der Waals surface area contributed by atoms with Gasteiger partial charge in [-0.25, -0.2) is 4.39 Å². The summed E-state index contributed by atoms with van der Waals surface area (Å²) in [5.41, 5.74) is 0.430. The van der Waals surface area contributed by atoms with Gasteiger partial charge in [0.2, 0.25) is 5.91 Å². The summed E-state index contributed by atoms with van der Waals surface area (Å²) in [7, 11) is 0. The van der Waals surface area contributed by atoms with Gasteiger partial charge >= 0.3 is 0 Å². The Morgan fingerprint density at radius 1 is 1.62 bits per heavy atom. The van der Waals surface area contributed by atoms with Gasteiger partial charge in [-0.15, -0.1) is 0 Å². The third-order valence-electron chi connectivity index (χ3n) is 1.54. The number of amides is 1. The first-order chi connectivity index (χ1) is 6.09. The highest BCUT2D eigenvalue weighted by molar-refractivity contribution is 6.30. The molecule has 0 fully saturated rings. The smallest absolute Gasteiger partial charge is 0.217 e. The van der Waals surface area contributed by atoms with Gasteiger partial charge in [-0.1, -0.05) is 17.7 Å². The Morgan fingerprint density at radius 3 is 2.85 bits per heavy atom. The minimum Gasteiger partial charge on any atom is -0.352 e. The molecule has 0 spiro atoms. The summed E-state index contributed by atoms with van der Waals surface area (Å²) in [6.07, 6.45) is 0. The zero-order valence-corrected chi connectivity index (χ0v) is 7.86. The molecule has 4 heteroatoms. The van der Waals surface area contributed by atoms with Crippen molar-refractivity contribution < 1.29 is 9.18 Å². The predicted molar refractivity (Wildman–Crippen MR) is 48.9 cm³/mol. The molecule has 0 aliphatic heterocycles. The van der Waals surface area contributed by atoms with Gasteiger partial charge in [-0.2, -0.15) is 0 Å². The van der Waals surface area contributed by atoms with E-state index in [0.29, 0.717) is 10.6 Å². The molecule has 1 amide bonds. The second kappa shape index (κ2) is 4.23. The Hall–Kier alpha value is -1.09. The number of hydrogen-bond donors (Lipinski definition) is 1.